The van der Waals surface area contributed by atoms with Gasteiger partial charge in [-0.25, -0.2) is 13.4 Å². The Morgan fingerprint density at radius 2 is 1.95 bits per heavy atom. The van der Waals surface area contributed by atoms with Gasteiger partial charge in [0.1, 0.15) is 4.88 Å². The number of thiazole rings is 1. The zero-order chi connectivity index (χ0) is 15.7. The zero-order valence-electron chi connectivity index (χ0n) is 12.0. The summed E-state index contributed by atoms with van der Waals surface area (Å²) in [6, 6.07) is 6.38. The van der Waals surface area contributed by atoms with Crippen LogP contribution in [0.2, 0.25) is 0 Å². The topological polar surface area (TPSA) is 86.0 Å². The monoisotopic (exact) mass is 335 g/mol. The van der Waals surface area contributed by atoms with Crippen LogP contribution in [0.25, 0.3) is 22.2 Å². The summed E-state index contributed by atoms with van der Waals surface area (Å²) in [6.07, 6.45) is 3.75. The fraction of sp³-hybridized carbons (Fsp3) is 0.214. The molecular formula is C14H13N3O3S2. The number of aromatic nitrogens is 3. The lowest BCUT2D eigenvalue weighted by atomic mass is 10.2. The highest BCUT2D eigenvalue weighted by molar-refractivity contribution is 7.90. The first kappa shape index (κ1) is 14.9. The van der Waals surface area contributed by atoms with Crippen LogP contribution in [0.3, 0.4) is 0 Å². The lowest BCUT2D eigenvalue weighted by Gasteiger charge is -1.98. The molecule has 0 amide bonds. The first-order valence-corrected chi connectivity index (χ1v) is 9.27. The van der Waals surface area contributed by atoms with E-state index in [0.717, 1.165) is 16.3 Å². The van der Waals surface area contributed by atoms with E-state index in [1.54, 1.807) is 18.3 Å². The van der Waals surface area contributed by atoms with Crippen LogP contribution >= 0.6 is 11.3 Å². The van der Waals surface area contributed by atoms with Gasteiger partial charge in [0.05, 0.1) is 16.1 Å². The molecule has 1 aromatic carbocycles. The summed E-state index contributed by atoms with van der Waals surface area (Å²) in [7, 11) is -3.21. The fourth-order valence-electron chi connectivity index (χ4n) is 1.86. The van der Waals surface area contributed by atoms with Crippen molar-refractivity contribution in [3.05, 3.63) is 35.5 Å². The van der Waals surface area contributed by atoms with Crippen molar-refractivity contribution >= 4 is 21.2 Å². The van der Waals surface area contributed by atoms with Gasteiger partial charge in [0.2, 0.25) is 5.82 Å². The van der Waals surface area contributed by atoms with Crippen LogP contribution in [0.4, 0.5) is 0 Å². The Kier molecular flexibility index (Phi) is 3.79. The van der Waals surface area contributed by atoms with Crippen LogP contribution in [-0.4, -0.2) is 29.8 Å². The maximum atomic E-state index is 11.4. The number of hydrogen-bond donors (Lipinski definition) is 0. The second kappa shape index (κ2) is 5.62. The van der Waals surface area contributed by atoms with Gasteiger partial charge < -0.3 is 4.52 Å². The molecule has 0 saturated heterocycles. The molecule has 0 aliphatic carbocycles. The first-order valence-electron chi connectivity index (χ1n) is 6.56. The molecule has 0 saturated carbocycles. The molecule has 0 aliphatic rings. The summed E-state index contributed by atoms with van der Waals surface area (Å²) in [5, 5.41) is 4.94. The quantitative estimate of drug-likeness (QED) is 0.729. The molecule has 0 N–H and O–H groups in total. The Morgan fingerprint density at radius 3 is 2.55 bits per heavy atom. The van der Waals surface area contributed by atoms with Crippen molar-refractivity contribution in [3.63, 3.8) is 0 Å². The maximum Gasteiger partial charge on any atom is 0.269 e. The van der Waals surface area contributed by atoms with Crippen LogP contribution in [0, 0.1) is 0 Å². The van der Waals surface area contributed by atoms with Gasteiger partial charge in [-0.1, -0.05) is 12.1 Å². The summed E-state index contributed by atoms with van der Waals surface area (Å²) >= 11 is 1.51. The van der Waals surface area contributed by atoms with Gasteiger partial charge in [0.25, 0.3) is 5.89 Å². The minimum absolute atomic E-state index is 0.259. The van der Waals surface area contributed by atoms with E-state index in [9.17, 15) is 8.42 Å². The van der Waals surface area contributed by atoms with Crippen LogP contribution in [-0.2, 0) is 16.3 Å². The molecule has 0 unspecified atom stereocenters. The number of benzene rings is 1. The highest BCUT2D eigenvalue weighted by atomic mass is 32.2. The van der Waals surface area contributed by atoms with Crippen molar-refractivity contribution in [2.75, 3.05) is 6.26 Å². The fourth-order valence-corrected chi connectivity index (χ4v) is 3.27. The van der Waals surface area contributed by atoms with E-state index in [4.69, 9.17) is 4.52 Å². The van der Waals surface area contributed by atoms with Gasteiger partial charge in [-0.05, 0) is 30.7 Å². The highest BCUT2D eigenvalue weighted by Crippen LogP contribution is 2.27. The molecule has 114 valence electrons. The smallest absolute Gasteiger partial charge is 0.269 e. The van der Waals surface area contributed by atoms with Crippen LogP contribution < -0.4 is 0 Å². The summed E-state index contributed by atoms with van der Waals surface area (Å²) in [6.45, 7) is 2.03. The summed E-state index contributed by atoms with van der Waals surface area (Å²) in [4.78, 5) is 9.67. The summed E-state index contributed by atoms with van der Waals surface area (Å²) < 4.78 is 28.1. The average molecular weight is 335 g/mol. The van der Waals surface area contributed by atoms with Crippen molar-refractivity contribution in [3.8, 4) is 22.2 Å². The van der Waals surface area contributed by atoms with Gasteiger partial charge in [0, 0.05) is 11.8 Å². The van der Waals surface area contributed by atoms with Crippen LogP contribution in [0.15, 0.2) is 39.9 Å². The Labute approximate surface area is 131 Å². The van der Waals surface area contributed by atoms with E-state index in [1.165, 1.54) is 29.7 Å². The minimum Gasteiger partial charge on any atom is -0.333 e. The highest BCUT2D eigenvalue weighted by Gasteiger charge is 2.14. The maximum absolute atomic E-state index is 11.4. The van der Waals surface area contributed by atoms with Gasteiger partial charge in [-0.2, -0.15) is 4.98 Å². The molecule has 0 atom stereocenters. The van der Waals surface area contributed by atoms with Crippen molar-refractivity contribution in [1.29, 1.82) is 0 Å². The third kappa shape index (κ3) is 2.93. The number of rotatable bonds is 4. The van der Waals surface area contributed by atoms with Gasteiger partial charge in [-0.3, -0.25) is 0 Å². The third-order valence-corrected chi connectivity index (χ3v) is 5.29. The second-order valence-corrected chi connectivity index (χ2v) is 7.82. The van der Waals surface area contributed by atoms with Gasteiger partial charge >= 0.3 is 0 Å². The Balaban J connectivity index is 1.90. The van der Waals surface area contributed by atoms with Crippen LogP contribution in [0.1, 0.15) is 11.9 Å². The molecule has 3 rings (SSSR count). The predicted octanol–water partition coefficient (Wildman–Crippen LogP) is 2.83. The second-order valence-electron chi connectivity index (χ2n) is 4.69. The molecular weight excluding hydrogens is 322 g/mol. The predicted molar refractivity (Wildman–Crippen MR) is 83.3 cm³/mol. The molecule has 0 aliphatic heterocycles. The molecule has 2 aromatic heterocycles. The standard InChI is InChI=1S/C14H13N3O3S2/c1-3-12-15-8-11(21-12)14-16-13(17-20-14)9-4-6-10(7-5-9)22(2,18)19/h4-8H,3H2,1-2H3. The van der Waals surface area contributed by atoms with Crippen molar-refractivity contribution in [2.24, 2.45) is 0 Å². The van der Waals surface area contributed by atoms with E-state index >= 15 is 0 Å². The average Bonchev–Trinajstić information content (AvgIpc) is 3.15. The molecule has 6 nitrogen and oxygen atoms in total. The van der Waals surface area contributed by atoms with Crippen molar-refractivity contribution in [1.82, 2.24) is 15.1 Å². The Hall–Kier alpha value is -2.06. The van der Waals surface area contributed by atoms with Gasteiger partial charge in [-0.15, -0.1) is 11.3 Å². The largest absolute Gasteiger partial charge is 0.333 e. The van der Waals surface area contributed by atoms with Gasteiger partial charge in [0.15, 0.2) is 9.84 Å². The van der Waals surface area contributed by atoms with E-state index in [-0.39, 0.29) is 4.90 Å². The molecule has 3 aromatic rings. The third-order valence-electron chi connectivity index (χ3n) is 3.03. The first-order chi connectivity index (χ1) is 10.5. The van der Waals surface area contributed by atoms with Crippen molar-refractivity contribution < 1.29 is 12.9 Å². The zero-order valence-corrected chi connectivity index (χ0v) is 13.6. The van der Waals surface area contributed by atoms with E-state index in [0.29, 0.717) is 17.3 Å². The molecule has 0 fully saturated rings. The lowest BCUT2D eigenvalue weighted by Crippen LogP contribution is -1.96. The summed E-state index contributed by atoms with van der Waals surface area (Å²) in [5.41, 5.74) is 0.697. The van der Waals surface area contributed by atoms with E-state index in [1.807, 2.05) is 6.92 Å². The van der Waals surface area contributed by atoms with E-state index in [2.05, 4.69) is 15.1 Å². The number of aryl methyl sites for hydroxylation is 1. The normalized spacial score (nSPS) is 11.7. The van der Waals surface area contributed by atoms with Crippen LogP contribution in [0.5, 0.6) is 0 Å². The molecule has 2 heterocycles. The summed E-state index contributed by atoms with van der Waals surface area (Å²) in [5.74, 6) is 0.834. The van der Waals surface area contributed by atoms with Crippen molar-refractivity contribution in [2.45, 2.75) is 18.2 Å². The molecule has 22 heavy (non-hydrogen) atoms. The number of nitrogens with zero attached hydrogens (tertiary/aromatic N) is 3. The minimum atomic E-state index is -3.21. The number of sulfone groups is 1. The SMILES string of the molecule is CCc1ncc(-c2nc(-c3ccc(S(C)(=O)=O)cc3)no2)s1. The molecule has 0 bridgehead atoms. The Bertz CT molecular complexity index is 896. The molecule has 0 radical (unpaired) electrons. The number of hydrogen-bond acceptors (Lipinski definition) is 7. The molecule has 8 heteroatoms. The Morgan fingerprint density at radius 1 is 1.23 bits per heavy atom. The van der Waals surface area contributed by atoms with E-state index < -0.39 is 9.84 Å². The lowest BCUT2D eigenvalue weighted by molar-refractivity contribution is 0.433. The molecule has 0 spiro atoms.